The molecule has 2 heterocycles. The van der Waals surface area contributed by atoms with Crippen molar-refractivity contribution in [2.75, 3.05) is 19.3 Å². The second-order valence-electron chi connectivity index (χ2n) is 4.21. The molecule has 7 nitrogen and oxygen atoms in total. The van der Waals surface area contributed by atoms with Gasteiger partial charge in [-0.15, -0.1) is 0 Å². The minimum Gasteiger partial charge on any atom is -0.362 e. The van der Waals surface area contributed by atoms with Crippen LogP contribution in [-0.2, 0) is 20.1 Å². The second kappa shape index (κ2) is 5.06. The Morgan fingerprint density at radius 1 is 1.16 bits per heavy atom. The fourth-order valence-corrected chi connectivity index (χ4v) is 3.66. The van der Waals surface area contributed by atoms with Gasteiger partial charge in [0.15, 0.2) is 5.03 Å². The van der Waals surface area contributed by atoms with E-state index in [1.165, 1.54) is 22.5 Å². The van der Waals surface area contributed by atoms with Crippen LogP contribution in [0.3, 0.4) is 0 Å². The molecule has 0 aromatic carbocycles. The second-order valence-corrected chi connectivity index (χ2v) is 7.67. The molecule has 1 saturated heterocycles. The van der Waals surface area contributed by atoms with Crippen LogP contribution in [0.25, 0.3) is 0 Å². The number of hydrogen-bond acceptors (Lipinski definition) is 6. The molecule has 2 rings (SSSR count). The summed E-state index contributed by atoms with van der Waals surface area (Å²) in [6.07, 6.45) is 2.51. The van der Waals surface area contributed by atoms with Gasteiger partial charge in [0.2, 0.25) is 5.88 Å². The number of sulfonamides is 1. The first-order chi connectivity index (χ1) is 8.79. The quantitative estimate of drug-likeness (QED) is 0.738. The van der Waals surface area contributed by atoms with Gasteiger partial charge in [-0.2, -0.15) is 17.7 Å². The van der Waals surface area contributed by atoms with Crippen LogP contribution in [0.4, 0.5) is 0 Å². The normalized spacial score (nSPS) is 17.5. The van der Waals surface area contributed by atoms with Crippen LogP contribution in [-0.4, -0.2) is 45.5 Å². The lowest BCUT2D eigenvalue weighted by Gasteiger charge is -2.14. The molecule has 0 spiro atoms. The summed E-state index contributed by atoms with van der Waals surface area (Å²) >= 11 is 0. The molecule has 0 atom stereocenters. The lowest BCUT2D eigenvalue weighted by molar-refractivity contribution is 0.463. The van der Waals surface area contributed by atoms with Crippen LogP contribution in [0.5, 0.6) is 5.88 Å². The number of nitrogens with zero attached hydrogens (tertiary/aromatic N) is 2. The SMILES string of the molecule is CS(=O)(=O)Oc1cccc(S(=O)(=O)N2CCCC2)n1. The van der Waals surface area contributed by atoms with E-state index < -0.39 is 20.1 Å². The largest absolute Gasteiger partial charge is 0.362 e. The van der Waals surface area contributed by atoms with Crippen LogP contribution >= 0.6 is 0 Å². The smallest absolute Gasteiger partial charge is 0.307 e. The van der Waals surface area contributed by atoms with Gasteiger partial charge in [-0.1, -0.05) is 6.07 Å². The molecule has 1 aromatic heterocycles. The van der Waals surface area contributed by atoms with Gasteiger partial charge in [0, 0.05) is 19.2 Å². The van der Waals surface area contributed by atoms with E-state index in [0.29, 0.717) is 13.1 Å². The van der Waals surface area contributed by atoms with E-state index in [9.17, 15) is 16.8 Å². The molecule has 0 bridgehead atoms. The van der Waals surface area contributed by atoms with Gasteiger partial charge in [0.1, 0.15) is 0 Å². The van der Waals surface area contributed by atoms with Gasteiger partial charge in [0.25, 0.3) is 10.0 Å². The van der Waals surface area contributed by atoms with Crippen LogP contribution in [0.2, 0.25) is 0 Å². The van der Waals surface area contributed by atoms with Crippen molar-refractivity contribution >= 4 is 20.1 Å². The minimum absolute atomic E-state index is 0.199. The van der Waals surface area contributed by atoms with Crippen molar-refractivity contribution in [1.82, 2.24) is 9.29 Å². The van der Waals surface area contributed by atoms with Crippen molar-refractivity contribution in [2.45, 2.75) is 17.9 Å². The van der Waals surface area contributed by atoms with E-state index in [1.807, 2.05) is 0 Å². The molecule has 0 amide bonds. The zero-order valence-corrected chi connectivity index (χ0v) is 11.9. The minimum atomic E-state index is -3.73. The fourth-order valence-electron chi connectivity index (χ4n) is 1.80. The third-order valence-corrected chi connectivity index (χ3v) is 4.88. The first kappa shape index (κ1) is 14.2. The van der Waals surface area contributed by atoms with Gasteiger partial charge in [0.05, 0.1) is 6.26 Å². The molecule has 1 fully saturated rings. The van der Waals surface area contributed by atoms with Crippen molar-refractivity contribution < 1.29 is 21.0 Å². The highest BCUT2D eigenvalue weighted by Gasteiger charge is 2.28. The summed E-state index contributed by atoms with van der Waals surface area (Å²) in [5.74, 6) is -0.247. The lowest BCUT2D eigenvalue weighted by Crippen LogP contribution is -2.28. The van der Waals surface area contributed by atoms with Crippen molar-refractivity contribution in [3.8, 4) is 5.88 Å². The number of aromatic nitrogens is 1. The molecule has 0 radical (unpaired) electrons. The van der Waals surface area contributed by atoms with Gasteiger partial charge in [-0.05, 0) is 18.9 Å². The molecule has 1 aliphatic rings. The molecule has 9 heteroatoms. The highest BCUT2D eigenvalue weighted by Crippen LogP contribution is 2.21. The van der Waals surface area contributed by atoms with E-state index in [-0.39, 0.29) is 10.9 Å². The standard InChI is InChI=1S/C10H14N2O5S2/c1-18(13,14)17-9-5-4-6-10(11-9)19(15,16)12-7-2-3-8-12/h4-6H,2-3,7-8H2,1H3. The maximum Gasteiger partial charge on any atom is 0.307 e. The van der Waals surface area contributed by atoms with E-state index in [1.54, 1.807) is 0 Å². The molecule has 1 aromatic rings. The van der Waals surface area contributed by atoms with E-state index in [2.05, 4.69) is 9.17 Å². The zero-order chi connectivity index (χ0) is 14.1. The Balaban J connectivity index is 2.33. The monoisotopic (exact) mass is 306 g/mol. The Labute approximate surface area is 112 Å². The van der Waals surface area contributed by atoms with Crippen LogP contribution in [0.1, 0.15) is 12.8 Å². The maximum atomic E-state index is 12.2. The summed E-state index contributed by atoms with van der Waals surface area (Å²) in [4.78, 5) is 3.74. The first-order valence-corrected chi connectivity index (χ1v) is 8.91. The number of hydrogen-bond donors (Lipinski definition) is 0. The number of pyridine rings is 1. The molecule has 106 valence electrons. The molecule has 0 saturated carbocycles. The first-order valence-electron chi connectivity index (χ1n) is 5.66. The Bertz CT molecular complexity index is 663. The third kappa shape index (κ3) is 3.43. The van der Waals surface area contributed by atoms with Crippen molar-refractivity contribution in [2.24, 2.45) is 0 Å². The summed E-state index contributed by atoms with van der Waals surface area (Å²) in [7, 11) is -7.40. The Hall–Kier alpha value is -1.19. The Kier molecular flexibility index (Phi) is 3.79. The van der Waals surface area contributed by atoms with Crippen LogP contribution in [0, 0.1) is 0 Å². The predicted octanol–water partition coefficient (Wildman–Crippen LogP) is 0.205. The number of rotatable bonds is 4. The molecule has 0 unspecified atom stereocenters. The lowest BCUT2D eigenvalue weighted by atomic mass is 10.4. The van der Waals surface area contributed by atoms with Gasteiger partial charge in [-0.25, -0.2) is 8.42 Å². The molecular formula is C10H14N2O5S2. The van der Waals surface area contributed by atoms with Crippen LogP contribution < -0.4 is 4.18 Å². The predicted molar refractivity (Wildman–Crippen MR) is 67.7 cm³/mol. The summed E-state index contributed by atoms with van der Waals surface area (Å²) in [6, 6.07) is 4.02. The van der Waals surface area contributed by atoms with Gasteiger partial charge >= 0.3 is 10.1 Å². The van der Waals surface area contributed by atoms with Crippen molar-refractivity contribution in [3.05, 3.63) is 18.2 Å². The summed E-state index contributed by atoms with van der Waals surface area (Å²) in [6.45, 7) is 0.919. The molecular weight excluding hydrogens is 292 g/mol. The highest BCUT2D eigenvalue weighted by molar-refractivity contribution is 7.89. The topological polar surface area (TPSA) is 93.6 Å². The fraction of sp³-hybridized carbons (Fsp3) is 0.500. The van der Waals surface area contributed by atoms with Gasteiger partial charge in [-0.3, -0.25) is 0 Å². The van der Waals surface area contributed by atoms with E-state index in [4.69, 9.17) is 0 Å². The molecule has 0 N–H and O–H groups in total. The zero-order valence-electron chi connectivity index (χ0n) is 10.3. The molecule has 0 aliphatic carbocycles. The summed E-state index contributed by atoms with van der Waals surface area (Å²) in [5.41, 5.74) is 0. The van der Waals surface area contributed by atoms with E-state index in [0.717, 1.165) is 19.1 Å². The van der Waals surface area contributed by atoms with Gasteiger partial charge < -0.3 is 4.18 Å². The average Bonchev–Trinajstić information content (AvgIpc) is 2.80. The van der Waals surface area contributed by atoms with Crippen molar-refractivity contribution in [3.63, 3.8) is 0 Å². The van der Waals surface area contributed by atoms with E-state index >= 15 is 0 Å². The summed E-state index contributed by atoms with van der Waals surface area (Å²) < 4.78 is 52.3. The Morgan fingerprint density at radius 3 is 2.37 bits per heavy atom. The van der Waals surface area contributed by atoms with Crippen molar-refractivity contribution in [1.29, 1.82) is 0 Å². The summed E-state index contributed by atoms with van der Waals surface area (Å²) in [5, 5.41) is -0.199. The molecule has 1 aliphatic heterocycles. The third-order valence-electron chi connectivity index (χ3n) is 2.60. The van der Waals surface area contributed by atoms with Crippen LogP contribution in [0.15, 0.2) is 23.2 Å². The maximum absolute atomic E-state index is 12.2. The Morgan fingerprint density at radius 2 is 1.79 bits per heavy atom. The molecule has 19 heavy (non-hydrogen) atoms. The highest BCUT2D eigenvalue weighted by atomic mass is 32.2. The average molecular weight is 306 g/mol.